The van der Waals surface area contributed by atoms with E-state index in [2.05, 4.69) is 17.4 Å². The molecule has 4 rings (SSSR count). The summed E-state index contributed by atoms with van der Waals surface area (Å²) in [6.45, 7) is 4.40. The molecular weight excluding hydrogens is 426 g/mol. The molecule has 0 radical (unpaired) electrons. The molecule has 4 heterocycles. The standard InChI is InChI=1S/C21H27N3O4S.ClH/c1-11-17-16(12(2)25)20(26)24(17)18(21(27)28)19(11)29-15-9-14(22-10-15)8-13-4-6-23(3)7-5-13;/h4-7,11-12,14-17,22,25H,8-10H2,1-3H3;1H/t11-,12-,14+,15+,16-,17-;/m1./s1. The van der Waals surface area contributed by atoms with Gasteiger partial charge in [-0.25, -0.2) is 9.36 Å². The molecular formula is C21H28ClN3O4S. The van der Waals surface area contributed by atoms with Crippen LogP contribution < -0.4 is 22.3 Å². The van der Waals surface area contributed by atoms with Crippen molar-refractivity contribution in [2.45, 2.75) is 50.1 Å². The summed E-state index contributed by atoms with van der Waals surface area (Å²) in [5.74, 6) is -1.91. The van der Waals surface area contributed by atoms with E-state index in [1.807, 2.05) is 30.9 Å². The lowest BCUT2D eigenvalue weighted by molar-refractivity contribution is -0.671. The van der Waals surface area contributed by atoms with E-state index in [4.69, 9.17) is 0 Å². The first kappa shape index (κ1) is 23.1. The number of hydrogen-bond acceptors (Lipinski definition) is 5. The maximum atomic E-state index is 12.5. The third-order valence-electron chi connectivity index (χ3n) is 6.32. The molecule has 6 atom stereocenters. The van der Waals surface area contributed by atoms with Crippen molar-refractivity contribution >= 4 is 23.6 Å². The van der Waals surface area contributed by atoms with Gasteiger partial charge in [0.05, 0.1) is 18.1 Å². The molecule has 30 heavy (non-hydrogen) atoms. The van der Waals surface area contributed by atoms with Gasteiger partial charge >= 0.3 is 5.97 Å². The molecule has 7 nitrogen and oxygen atoms in total. The molecule has 0 spiro atoms. The van der Waals surface area contributed by atoms with Gasteiger partial charge in [0.15, 0.2) is 12.4 Å². The number of hydrogen-bond donors (Lipinski definition) is 3. The van der Waals surface area contributed by atoms with Crippen molar-refractivity contribution in [2.24, 2.45) is 18.9 Å². The van der Waals surface area contributed by atoms with Crippen LogP contribution in [0.5, 0.6) is 0 Å². The summed E-state index contributed by atoms with van der Waals surface area (Å²) in [5, 5.41) is 23.6. The average Bonchev–Trinajstić information content (AvgIpc) is 3.18. The minimum absolute atomic E-state index is 0. The highest BCUT2D eigenvalue weighted by atomic mass is 35.5. The molecule has 2 fully saturated rings. The number of amides is 1. The number of thioether (sulfide) groups is 1. The number of aryl methyl sites for hydroxylation is 1. The van der Waals surface area contributed by atoms with Crippen molar-refractivity contribution in [3.63, 3.8) is 0 Å². The van der Waals surface area contributed by atoms with Crippen molar-refractivity contribution < 1.29 is 36.8 Å². The van der Waals surface area contributed by atoms with Crippen molar-refractivity contribution in [3.05, 3.63) is 40.7 Å². The molecule has 0 bridgehead atoms. The number of halogens is 1. The fraction of sp³-hybridized carbons (Fsp3) is 0.571. The number of nitrogens with one attached hydrogen (secondary N) is 1. The third-order valence-corrected chi connectivity index (χ3v) is 7.83. The molecule has 0 unspecified atom stereocenters. The molecule has 9 heteroatoms. The van der Waals surface area contributed by atoms with E-state index < -0.39 is 18.0 Å². The molecule has 1 amide bonds. The molecule has 3 N–H and O–H groups in total. The van der Waals surface area contributed by atoms with E-state index >= 15 is 0 Å². The Hall–Kier alpha value is -1.61. The number of nitrogens with zero attached hydrogens (tertiary/aromatic N) is 2. The Morgan fingerprint density at radius 3 is 2.67 bits per heavy atom. The predicted molar refractivity (Wildman–Crippen MR) is 109 cm³/mol. The van der Waals surface area contributed by atoms with Gasteiger partial charge in [-0.2, -0.15) is 0 Å². The van der Waals surface area contributed by atoms with Gasteiger partial charge in [-0.3, -0.25) is 4.79 Å². The first-order valence-corrected chi connectivity index (χ1v) is 11.0. The third kappa shape index (κ3) is 3.98. The molecule has 0 aromatic carbocycles. The van der Waals surface area contributed by atoms with E-state index in [9.17, 15) is 19.8 Å². The summed E-state index contributed by atoms with van der Waals surface area (Å²) in [6, 6.07) is 4.36. The topological polar surface area (TPSA) is 93.8 Å². The SMILES string of the molecule is C[C@@H](O)[C@H]1C(=O)N2C(C(=O)O)=C(S[C@@H]3CN[C@@H](Cc4cc[n+](C)cc4)C3)[C@H](C)[C@H]12.[Cl-]. The van der Waals surface area contributed by atoms with Crippen LogP contribution in [0.3, 0.4) is 0 Å². The Labute approximate surface area is 186 Å². The van der Waals surface area contributed by atoms with Crippen LogP contribution in [0.15, 0.2) is 35.1 Å². The quantitative estimate of drug-likeness (QED) is 0.330. The van der Waals surface area contributed by atoms with Crippen LogP contribution in [0.2, 0.25) is 0 Å². The first-order valence-electron chi connectivity index (χ1n) is 10.1. The molecule has 3 aliphatic rings. The predicted octanol–water partition coefficient (Wildman–Crippen LogP) is -2.32. The number of aliphatic hydroxyl groups is 1. The summed E-state index contributed by atoms with van der Waals surface area (Å²) in [5.41, 5.74) is 1.40. The Morgan fingerprint density at radius 1 is 1.40 bits per heavy atom. The zero-order valence-corrected chi connectivity index (χ0v) is 18.9. The normalized spacial score (nSPS) is 31.3. The zero-order chi connectivity index (χ0) is 20.9. The number of fused-ring (bicyclic) bond motifs is 1. The lowest BCUT2D eigenvalue weighted by Gasteiger charge is -2.46. The molecule has 164 valence electrons. The summed E-state index contributed by atoms with van der Waals surface area (Å²) in [7, 11) is 2.00. The highest BCUT2D eigenvalue weighted by Crippen LogP contribution is 2.51. The minimum Gasteiger partial charge on any atom is -1.00 e. The van der Waals surface area contributed by atoms with E-state index in [1.165, 1.54) is 10.5 Å². The Morgan fingerprint density at radius 2 is 2.07 bits per heavy atom. The lowest BCUT2D eigenvalue weighted by atomic mass is 9.79. The monoisotopic (exact) mass is 453 g/mol. The molecule has 3 aliphatic heterocycles. The number of pyridine rings is 1. The van der Waals surface area contributed by atoms with Gasteiger partial charge in [-0.1, -0.05) is 6.92 Å². The zero-order valence-electron chi connectivity index (χ0n) is 17.3. The number of aromatic nitrogens is 1. The van der Waals surface area contributed by atoms with E-state index in [0.717, 1.165) is 24.3 Å². The molecule has 0 saturated carbocycles. The van der Waals surface area contributed by atoms with Gasteiger partial charge in [-0.05, 0) is 25.3 Å². The lowest BCUT2D eigenvalue weighted by Crippen LogP contribution is -3.00. The largest absolute Gasteiger partial charge is 1.00 e. The second kappa shape index (κ2) is 8.86. The summed E-state index contributed by atoms with van der Waals surface area (Å²) in [6.07, 6.45) is 5.21. The number of aliphatic carboxylic acids is 1. The Bertz CT molecular complexity index is 860. The number of rotatable bonds is 6. The van der Waals surface area contributed by atoms with Crippen LogP contribution in [0.4, 0.5) is 0 Å². The summed E-state index contributed by atoms with van der Waals surface area (Å²) >= 11 is 1.60. The highest BCUT2D eigenvalue weighted by molar-refractivity contribution is 8.03. The number of carbonyl (C=O) groups is 2. The van der Waals surface area contributed by atoms with Gasteiger partial charge in [0.1, 0.15) is 12.7 Å². The summed E-state index contributed by atoms with van der Waals surface area (Å²) < 4.78 is 2.01. The van der Waals surface area contributed by atoms with Gasteiger partial charge in [0.2, 0.25) is 5.91 Å². The fourth-order valence-electron chi connectivity index (χ4n) is 4.84. The van der Waals surface area contributed by atoms with Crippen molar-refractivity contribution in [2.75, 3.05) is 6.54 Å². The van der Waals surface area contributed by atoms with Gasteiger partial charge in [-0.15, -0.1) is 11.8 Å². The van der Waals surface area contributed by atoms with E-state index in [0.29, 0.717) is 6.04 Å². The van der Waals surface area contributed by atoms with Crippen LogP contribution in [0.1, 0.15) is 25.8 Å². The van der Waals surface area contributed by atoms with Crippen LogP contribution >= 0.6 is 11.8 Å². The van der Waals surface area contributed by atoms with E-state index in [-0.39, 0.29) is 41.2 Å². The molecule has 0 aliphatic carbocycles. The van der Waals surface area contributed by atoms with Crippen molar-refractivity contribution in [3.8, 4) is 0 Å². The smallest absolute Gasteiger partial charge is 0.353 e. The van der Waals surface area contributed by atoms with E-state index in [1.54, 1.807) is 18.7 Å². The molecule has 1 aromatic heterocycles. The van der Waals surface area contributed by atoms with Crippen LogP contribution in [0, 0.1) is 11.8 Å². The number of aliphatic hydroxyl groups excluding tert-OH is 1. The Kier molecular flexibility index (Phi) is 6.81. The maximum absolute atomic E-state index is 12.5. The number of carboxylic acid groups (broad SMARTS) is 1. The van der Waals surface area contributed by atoms with Crippen molar-refractivity contribution in [1.82, 2.24) is 10.2 Å². The number of carbonyl (C=O) groups excluding carboxylic acids is 1. The number of carboxylic acids is 1. The fourth-order valence-corrected chi connectivity index (χ4v) is 6.36. The molecule has 1 aromatic rings. The van der Waals surface area contributed by atoms with Crippen molar-refractivity contribution in [1.29, 1.82) is 0 Å². The van der Waals surface area contributed by atoms with Gasteiger partial charge < -0.3 is 32.8 Å². The van der Waals surface area contributed by atoms with Gasteiger partial charge in [0.25, 0.3) is 0 Å². The second-order valence-electron chi connectivity index (χ2n) is 8.43. The van der Waals surface area contributed by atoms with Gasteiger partial charge in [0, 0.05) is 40.8 Å². The summed E-state index contributed by atoms with van der Waals surface area (Å²) in [4.78, 5) is 26.6. The van der Waals surface area contributed by atoms with Crippen LogP contribution in [0.25, 0.3) is 0 Å². The second-order valence-corrected chi connectivity index (χ2v) is 9.77. The average molecular weight is 454 g/mol. The van der Waals surface area contributed by atoms with Crippen LogP contribution in [-0.4, -0.2) is 57.0 Å². The highest BCUT2D eigenvalue weighted by Gasteiger charge is 2.60. The minimum atomic E-state index is -1.06. The molecule has 2 saturated heterocycles. The first-order chi connectivity index (χ1) is 13.8. The van der Waals surface area contributed by atoms with Crippen LogP contribution in [-0.2, 0) is 23.1 Å². The number of β-lactam (4-membered cyclic amide) rings is 1. The Balaban J connectivity index is 0.00000256. The maximum Gasteiger partial charge on any atom is 0.353 e.